The Hall–Kier alpha value is -6.20. The van der Waals surface area contributed by atoms with Gasteiger partial charge >= 0.3 is 0 Å². The number of pyridine rings is 1. The molecule has 0 fully saturated rings. The first-order valence-corrected chi connectivity index (χ1v) is 19.7. The largest absolute Gasteiger partial charge is 0.458 e. The molecule has 4 aliphatic heterocycles. The molecule has 5 heterocycles. The second-order valence-electron chi connectivity index (χ2n) is 17.6. The van der Waals surface area contributed by atoms with Gasteiger partial charge in [-0.2, -0.15) is 0 Å². The lowest BCUT2D eigenvalue weighted by atomic mass is 9.33. The van der Waals surface area contributed by atoms with Crippen LogP contribution in [0.15, 0.2) is 140 Å². The van der Waals surface area contributed by atoms with Gasteiger partial charge in [0.25, 0.3) is 13.4 Å². The first-order chi connectivity index (χ1) is 27.0. The summed E-state index contributed by atoms with van der Waals surface area (Å²) in [5, 5.41) is 0. The number of hydrogen-bond acceptors (Lipinski definition) is 5. The van der Waals surface area contributed by atoms with E-state index in [4.69, 9.17) is 14.5 Å². The molecule has 0 saturated carbocycles. The van der Waals surface area contributed by atoms with Gasteiger partial charge in [-0.1, -0.05) is 114 Å². The van der Waals surface area contributed by atoms with Crippen LogP contribution in [0.3, 0.4) is 0 Å². The predicted octanol–water partition coefficient (Wildman–Crippen LogP) is 8.49. The minimum absolute atomic E-state index is 0.0933. The van der Waals surface area contributed by atoms with Crippen LogP contribution in [0, 0.1) is 0 Å². The molecule has 270 valence electrons. The second kappa shape index (κ2) is 11.7. The first-order valence-electron chi connectivity index (χ1n) is 19.7. The summed E-state index contributed by atoms with van der Waals surface area (Å²) in [4.78, 5) is 10.8. The maximum Gasteiger partial charge on any atom is 0.279 e. The zero-order chi connectivity index (χ0) is 38.1. The molecule has 56 heavy (non-hydrogen) atoms. The normalized spacial score (nSPS) is 14.4. The standard InChI is InChI=1S/C49H41B2N3O2/c1-48(2,3)30-25-37-45-43(28-30)56-41-24-16-14-22-35(41)51(45)46-39(53(37)32-17-9-7-10-18-32)29-36-47(52-46)54(33-19-11-8-12-20-33)38-26-31(49(4,5)6)27-42-44(38)50(36)34-21-13-15-23-40(34)55-42/h7-29H,1-6H3. The van der Waals surface area contributed by atoms with E-state index in [0.29, 0.717) is 0 Å². The number of rotatable bonds is 2. The Kier molecular flexibility index (Phi) is 6.90. The van der Waals surface area contributed by atoms with Crippen LogP contribution >= 0.6 is 0 Å². The quantitative estimate of drug-likeness (QED) is 0.167. The molecule has 6 aromatic carbocycles. The van der Waals surface area contributed by atoms with E-state index in [2.05, 4.69) is 191 Å². The Balaban J connectivity index is 1.28. The smallest absolute Gasteiger partial charge is 0.279 e. The van der Waals surface area contributed by atoms with Crippen molar-refractivity contribution < 1.29 is 9.47 Å². The van der Waals surface area contributed by atoms with Gasteiger partial charge in [0.05, 0.1) is 5.69 Å². The topological polar surface area (TPSA) is 37.8 Å². The lowest BCUT2D eigenvalue weighted by Crippen LogP contribution is -2.64. The fourth-order valence-corrected chi connectivity index (χ4v) is 9.23. The summed E-state index contributed by atoms with van der Waals surface area (Å²) in [6.07, 6.45) is 0. The van der Waals surface area contributed by atoms with Crippen LogP contribution in [0.4, 0.5) is 34.3 Å². The summed E-state index contributed by atoms with van der Waals surface area (Å²) in [6.45, 7) is 13.4. The number of ether oxygens (including phenoxy) is 2. The zero-order valence-electron chi connectivity index (χ0n) is 32.6. The molecule has 0 atom stereocenters. The summed E-state index contributed by atoms with van der Waals surface area (Å²) in [6, 6.07) is 50.3. The molecule has 0 saturated heterocycles. The van der Waals surface area contributed by atoms with E-state index in [1.54, 1.807) is 0 Å². The highest BCUT2D eigenvalue weighted by Gasteiger charge is 2.48. The number of benzene rings is 6. The molecule has 0 aliphatic carbocycles. The molecular formula is C49H41B2N3O2. The Morgan fingerprint density at radius 2 is 0.911 bits per heavy atom. The van der Waals surface area contributed by atoms with Crippen LogP contribution < -0.4 is 52.2 Å². The molecule has 0 amide bonds. The van der Waals surface area contributed by atoms with Crippen molar-refractivity contribution in [1.82, 2.24) is 4.98 Å². The van der Waals surface area contributed by atoms with Crippen molar-refractivity contribution in [1.29, 1.82) is 0 Å². The molecule has 4 aliphatic rings. The minimum Gasteiger partial charge on any atom is -0.458 e. The van der Waals surface area contributed by atoms with E-state index < -0.39 is 0 Å². The van der Waals surface area contributed by atoms with Crippen molar-refractivity contribution in [2.75, 3.05) is 9.80 Å². The van der Waals surface area contributed by atoms with Crippen molar-refractivity contribution >= 4 is 80.6 Å². The Morgan fingerprint density at radius 3 is 1.46 bits per heavy atom. The lowest BCUT2D eigenvalue weighted by Gasteiger charge is -2.44. The van der Waals surface area contributed by atoms with Gasteiger partial charge in [0, 0.05) is 28.3 Å². The number of fused-ring (bicyclic) bond motifs is 8. The summed E-state index contributed by atoms with van der Waals surface area (Å²) in [7, 11) is 0. The minimum atomic E-state index is -0.142. The molecule has 1 aromatic heterocycles. The van der Waals surface area contributed by atoms with Crippen LogP contribution in [0.1, 0.15) is 52.7 Å². The molecule has 7 aromatic rings. The molecule has 0 unspecified atom stereocenters. The number of aromatic nitrogens is 1. The van der Waals surface area contributed by atoms with Crippen LogP contribution in [-0.4, -0.2) is 18.4 Å². The average molecular weight is 726 g/mol. The van der Waals surface area contributed by atoms with Gasteiger partial charge in [-0.15, -0.1) is 0 Å². The molecule has 0 N–H and O–H groups in total. The Bertz CT molecular complexity index is 2560. The Morgan fingerprint density at radius 1 is 0.446 bits per heavy atom. The zero-order valence-corrected chi connectivity index (χ0v) is 32.6. The van der Waals surface area contributed by atoms with Crippen LogP contribution in [0.25, 0.3) is 0 Å². The third-order valence-corrected chi connectivity index (χ3v) is 12.0. The lowest BCUT2D eigenvalue weighted by molar-refractivity contribution is 0.483. The fraction of sp³-hybridized carbons (Fsp3) is 0.163. The van der Waals surface area contributed by atoms with Crippen molar-refractivity contribution in [2.24, 2.45) is 0 Å². The molecular weight excluding hydrogens is 684 g/mol. The second-order valence-corrected chi connectivity index (χ2v) is 17.6. The maximum atomic E-state index is 6.88. The van der Waals surface area contributed by atoms with E-state index in [-0.39, 0.29) is 24.3 Å². The molecule has 0 spiro atoms. The number of nitrogens with zero attached hydrogens (tertiary/aromatic N) is 3. The fourth-order valence-electron chi connectivity index (χ4n) is 9.23. The molecule has 0 bridgehead atoms. The number of anilines is 6. The average Bonchev–Trinajstić information content (AvgIpc) is 3.19. The van der Waals surface area contributed by atoms with Crippen LogP contribution in [0.5, 0.6) is 23.0 Å². The maximum absolute atomic E-state index is 6.88. The van der Waals surface area contributed by atoms with Crippen LogP contribution in [-0.2, 0) is 10.8 Å². The summed E-state index contributed by atoms with van der Waals surface area (Å²) >= 11 is 0. The summed E-state index contributed by atoms with van der Waals surface area (Å²) in [5.41, 5.74) is 14.4. The van der Waals surface area contributed by atoms with E-state index in [0.717, 1.165) is 84.7 Å². The van der Waals surface area contributed by atoms with Crippen molar-refractivity contribution in [3.63, 3.8) is 0 Å². The predicted molar refractivity (Wildman–Crippen MR) is 233 cm³/mol. The molecule has 11 rings (SSSR count). The van der Waals surface area contributed by atoms with Gasteiger partial charge in [0.2, 0.25) is 0 Å². The van der Waals surface area contributed by atoms with Gasteiger partial charge < -0.3 is 14.4 Å². The van der Waals surface area contributed by atoms with Gasteiger partial charge in [-0.05, 0) is 116 Å². The monoisotopic (exact) mass is 725 g/mol. The third-order valence-electron chi connectivity index (χ3n) is 12.0. The third kappa shape index (κ3) is 4.79. The molecule has 0 radical (unpaired) electrons. The number of hydrogen-bond donors (Lipinski definition) is 0. The van der Waals surface area contributed by atoms with Crippen molar-refractivity contribution in [3.8, 4) is 23.0 Å². The SMILES string of the molecule is CC(C)(C)c1cc2c3c(c1)N(c1ccccc1)c1cc4c(nc1B3c1ccccc1O2)N(c1ccccc1)c1cc(C(C)(C)C)cc2c1B4c1ccccc1O2. The van der Waals surface area contributed by atoms with Crippen LogP contribution in [0.2, 0.25) is 0 Å². The van der Waals surface area contributed by atoms with E-state index in [9.17, 15) is 0 Å². The van der Waals surface area contributed by atoms with Crippen molar-refractivity contribution in [2.45, 2.75) is 52.4 Å². The summed E-state index contributed by atoms with van der Waals surface area (Å²) < 4.78 is 13.7. The van der Waals surface area contributed by atoms with Gasteiger partial charge in [0.15, 0.2) is 0 Å². The van der Waals surface area contributed by atoms with Gasteiger partial charge in [-0.3, -0.25) is 4.90 Å². The van der Waals surface area contributed by atoms with E-state index >= 15 is 0 Å². The van der Waals surface area contributed by atoms with E-state index in [1.165, 1.54) is 16.6 Å². The first kappa shape index (κ1) is 33.2. The molecule has 5 nitrogen and oxygen atoms in total. The highest BCUT2D eigenvalue weighted by atomic mass is 16.5. The summed E-state index contributed by atoms with van der Waals surface area (Å²) in [5.74, 6) is 4.51. The van der Waals surface area contributed by atoms with Gasteiger partial charge in [-0.25, -0.2) is 4.98 Å². The number of para-hydroxylation sites is 4. The highest BCUT2D eigenvalue weighted by molar-refractivity contribution is 7.01. The van der Waals surface area contributed by atoms with Gasteiger partial charge in [0.1, 0.15) is 28.8 Å². The Labute approximate surface area is 329 Å². The highest BCUT2D eigenvalue weighted by Crippen LogP contribution is 2.46. The molecule has 7 heteroatoms. The van der Waals surface area contributed by atoms with Crippen molar-refractivity contribution in [3.05, 3.63) is 151 Å². The van der Waals surface area contributed by atoms with E-state index in [1.807, 2.05) is 0 Å².